The van der Waals surface area contributed by atoms with Crippen LogP contribution in [-0.2, 0) is 0 Å². The molecule has 0 aromatic heterocycles. The molecule has 1 aliphatic carbocycles. The zero-order valence-electron chi connectivity index (χ0n) is 8.75. The molecule has 0 heterocycles. The zero-order chi connectivity index (χ0) is 9.30. The van der Waals surface area contributed by atoms with E-state index in [9.17, 15) is 5.11 Å². The summed E-state index contributed by atoms with van der Waals surface area (Å²) in [7, 11) is 0. The number of hydrogen-bond donors (Lipinski definition) is 1. The van der Waals surface area contributed by atoms with Crippen LogP contribution in [0.2, 0.25) is 0 Å². The van der Waals surface area contributed by atoms with Crippen LogP contribution < -0.4 is 0 Å². The van der Waals surface area contributed by atoms with Crippen LogP contribution in [-0.4, -0.2) is 11.2 Å². The highest BCUT2D eigenvalue weighted by Gasteiger charge is 2.32. The maximum Gasteiger partial charge on any atom is 0.0571 e. The summed E-state index contributed by atoms with van der Waals surface area (Å²) in [6, 6.07) is 0. The molecule has 3 unspecified atom stereocenters. The van der Waals surface area contributed by atoms with Gasteiger partial charge in [-0.05, 0) is 36.5 Å². The Balaban J connectivity index is 2.53. The van der Waals surface area contributed by atoms with E-state index >= 15 is 0 Å². The third kappa shape index (κ3) is 2.01. The summed E-state index contributed by atoms with van der Waals surface area (Å²) < 4.78 is 0. The van der Waals surface area contributed by atoms with Gasteiger partial charge in [-0.3, -0.25) is 0 Å². The summed E-state index contributed by atoms with van der Waals surface area (Å²) in [5.41, 5.74) is 0. The number of aliphatic hydroxyl groups is 1. The smallest absolute Gasteiger partial charge is 0.0571 e. The molecule has 1 rings (SSSR count). The van der Waals surface area contributed by atoms with Crippen LogP contribution in [0.5, 0.6) is 0 Å². The first kappa shape index (κ1) is 10.0. The van der Waals surface area contributed by atoms with E-state index in [0.717, 1.165) is 18.3 Å². The fourth-order valence-corrected chi connectivity index (χ4v) is 2.24. The fraction of sp³-hybridized carbons (Fsp3) is 1.00. The molecule has 4 atom stereocenters. The highest BCUT2D eigenvalue weighted by Crippen LogP contribution is 2.36. The van der Waals surface area contributed by atoms with Crippen LogP contribution in [0, 0.1) is 23.7 Å². The highest BCUT2D eigenvalue weighted by molar-refractivity contribution is 4.82. The molecule has 1 aliphatic rings. The van der Waals surface area contributed by atoms with Crippen molar-refractivity contribution in [3.8, 4) is 0 Å². The predicted molar refractivity (Wildman–Crippen MR) is 51.9 cm³/mol. The van der Waals surface area contributed by atoms with Crippen LogP contribution in [0.1, 0.15) is 40.5 Å². The van der Waals surface area contributed by atoms with Gasteiger partial charge in [-0.25, -0.2) is 0 Å². The molecule has 12 heavy (non-hydrogen) atoms. The monoisotopic (exact) mass is 170 g/mol. The van der Waals surface area contributed by atoms with Gasteiger partial charge in [-0.1, -0.05) is 27.7 Å². The summed E-state index contributed by atoms with van der Waals surface area (Å²) in [5.74, 6) is 2.67. The summed E-state index contributed by atoms with van der Waals surface area (Å²) in [4.78, 5) is 0. The lowest BCUT2D eigenvalue weighted by Gasteiger charge is -2.38. The molecule has 0 aromatic carbocycles. The molecular formula is C11H22O. The van der Waals surface area contributed by atoms with E-state index in [1.165, 1.54) is 6.42 Å². The zero-order valence-corrected chi connectivity index (χ0v) is 8.75. The Morgan fingerprint density at radius 2 is 1.75 bits per heavy atom. The molecule has 1 nitrogen and oxygen atoms in total. The standard InChI is InChI=1S/C11H22O/c1-7(2)10-5-8(3)9(4)11(12)6-10/h7-12H,5-6H2,1-4H3/t8?,9?,10-,11?/m0/s1. The Bertz CT molecular complexity index is 130. The second kappa shape index (κ2) is 3.78. The van der Waals surface area contributed by atoms with Gasteiger partial charge in [-0.2, -0.15) is 0 Å². The van der Waals surface area contributed by atoms with Crippen molar-refractivity contribution in [3.05, 3.63) is 0 Å². The SMILES string of the molecule is CC1C[C@H](C(C)C)CC(O)C1C. The Hall–Kier alpha value is -0.0400. The van der Waals surface area contributed by atoms with E-state index in [-0.39, 0.29) is 6.10 Å². The van der Waals surface area contributed by atoms with E-state index in [4.69, 9.17) is 0 Å². The van der Waals surface area contributed by atoms with Crippen molar-refractivity contribution in [1.29, 1.82) is 0 Å². The van der Waals surface area contributed by atoms with Crippen LogP contribution in [0.15, 0.2) is 0 Å². The van der Waals surface area contributed by atoms with Crippen molar-refractivity contribution in [3.63, 3.8) is 0 Å². The van der Waals surface area contributed by atoms with Gasteiger partial charge >= 0.3 is 0 Å². The van der Waals surface area contributed by atoms with Crippen molar-refractivity contribution in [2.45, 2.75) is 46.6 Å². The minimum absolute atomic E-state index is 0.0545. The van der Waals surface area contributed by atoms with Gasteiger partial charge in [-0.15, -0.1) is 0 Å². The van der Waals surface area contributed by atoms with E-state index in [1.807, 2.05) is 0 Å². The molecule has 1 fully saturated rings. The molecule has 0 amide bonds. The second-order valence-electron chi connectivity index (χ2n) is 4.88. The largest absolute Gasteiger partial charge is 0.393 e. The van der Waals surface area contributed by atoms with Crippen molar-refractivity contribution in [2.24, 2.45) is 23.7 Å². The molecule has 0 bridgehead atoms. The average molecular weight is 170 g/mol. The maximum atomic E-state index is 9.77. The second-order valence-corrected chi connectivity index (χ2v) is 4.88. The lowest BCUT2D eigenvalue weighted by molar-refractivity contribution is 0.00970. The first-order valence-corrected chi connectivity index (χ1v) is 5.20. The minimum Gasteiger partial charge on any atom is -0.393 e. The van der Waals surface area contributed by atoms with Gasteiger partial charge in [0.15, 0.2) is 0 Å². The first-order valence-electron chi connectivity index (χ1n) is 5.20. The van der Waals surface area contributed by atoms with Crippen LogP contribution in [0.4, 0.5) is 0 Å². The van der Waals surface area contributed by atoms with Crippen molar-refractivity contribution < 1.29 is 5.11 Å². The molecular weight excluding hydrogens is 148 g/mol. The van der Waals surface area contributed by atoms with Gasteiger partial charge in [0.2, 0.25) is 0 Å². The molecule has 1 saturated carbocycles. The quantitative estimate of drug-likeness (QED) is 0.641. The highest BCUT2D eigenvalue weighted by atomic mass is 16.3. The Kier molecular flexibility index (Phi) is 3.16. The van der Waals surface area contributed by atoms with E-state index in [0.29, 0.717) is 11.8 Å². The van der Waals surface area contributed by atoms with Crippen molar-refractivity contribution in [1.82, 2.24) is 0 Å². The van der Waals surface area contributed by atoms with Crippen LogP contribution in [0.3, 0.4) is 0 Å². The summed E-state index contributed by atoms with van der Waals surface area (Å²) in [6.07, 6.45) is 2.26. The van der Waals surface area contributed by atoms with E-state index in [1.54, 1.807) is 0 Å². The van der Waals surface area contributed by atoms with Gasteiger partial charge in [0, 0.05) is 0 Å². The first-order chi connectivity index (χ1) is 5.52. The van der Waals surface area contributed by atoms with Gasteiger partial charge in [0.1, 0.15) is 0 Å². The minimum atomic E-state index is -0.0545. The molecule has 0 aliphatic heterocycles. The lowest BCUT2D eigenvalue weighted by atomic mass is 9.70. The van der Waals surface area contributed by atoms with Gasteiger partial charge < -0.3 is 5.11 Å². The van der Waals surface area contributed by atoms with E-state index < -0.39 is 0 Å². The normalized spacial score (nSPS) is 43.5. The Labute approximate surface area is 76.2 Å². The Morgan fingerprint density at radius 3 is 2.17 bits per heavy atom. The fourth-order valence-electron chi connectivity index (χ4n) is 2.24. The molecule has 0 aromatic rings. The van der Waals surface area contributed by atoms with E-state index in [2.05, 4.69) is 27.7 Å². The van der Waals surface area contributed by atoms with Crippen molar-refractivity contribution in [2.75, 3.05) is 0 Å². The van der Waals surface area contributed by atoms with Crippen molar-refractivity contribution >= 4 is 0 Å². The number of aliphatic hydroxyl groups excluding tert-OH is 1. The molecule has 0 spiro atoms. The molecule has 1 N–H and O–H groups in total. The van der Waals surface area contributed by atoms with Crippen LogP contribution >= 0.6 is 0 Å². The third-order valence-corrected chi connectivity index (χ3v) is 3.67. The van der Waals surface area contributed by atoms with Gasteiger partial charge in [0.25, 0.3) is 0 Å². The Morgan fingerprint density at radius 1 is 1.17 bits per heavy atom. The molecule has 0 radical (unpaired) electrons. The predicted octanol–water partition coefficient (Wildman–Crippen LogP) is 2.69. The average Bonchev–Trinajstić information content (AvgIpc) is 1.99. The third-order valence-electron chi connectivity index (χ3n) is 3.67. The topological polar surface area (TPSA) is 20.2 Å². The van der Waals surface area contributed by atoms with Crippen LogP contribution in [0.25, 0.3) is 0 Å². The molecule has 0 saturated heterocycles. The molecule has 1 heteroatoms. The number of rotatable bonds is 1. The summed E-state index contributed by atoms with van der Waals surface area (Å²) in [5, 5.41) is 9.77. The molecule has 72 valence electrons. The lowest BCUT2D eigenvalue weighted by Crippen LogP contribution is -2.35. The maximum absolute atomic E-state index is 9.77. The summed E-state index contributed by atoms with van der Waals surface area (Å²) in [6.45, 7) is 8.97. The summed E-state index contributed by atoms with van der Waals surface area (Å²) >= 11 is 0. The number of hydrogen-bond acceptors (Lipinski definition) is 1. The van der Waals surface area contributed by atoms with Gasteiger partial charge in [0.05, 0.1) is 6.10 Å².